The standard InChI is InChI=1S/C13H17BrFNO/c1-4-13(2,3)8-16-12(17)9-5-6-11(15)10(14)7-9/h5-7H,4,8H2,1-3H3,(H,16,17). The van der Waals surface area contributed by atoms with Gasteiger partial charge in [-0.2, -0.15) is 0 Å². The molecule has 0 aromatic heterocycles. The largest absolute Gasteiger partial charge is 0.352 e. The van der Waals surface area contributed by atoms with Crippen molar-refractivity contribution in [3.63, 3.8) is 0 Å². The van der Waals surface area contributed by atoms with Gasteiger partial charge in [0.1, 0.15) is 5.82 Å². The molecule has 0 unspecified atom stereocenters. The first-order valence-corrected chi connectivity index (χ1v) is 6.38. The number of carbonyl (C=O) groups excluding carboxylic acids is 1. The van der Waals surface area contributed by atoms with Crippen molar-refractivity contribution in [2.24, 2.45) is 5.41 Å². The van der Waals surface area contributed by atoms with Gasteiger partial charge in [-0.15, -0.1) is 0 Å². The Morgan fingerprint density at radius 2 is 2.12 bits per heavy atom. The summed E-state index contributed by atoms with van der Waals surface area (Å²) in [7, 11) is 0. The van der Waals surface area contributed by atoms with Crippen molar-refractivity contribution in [3.8, 4) is 0 Å². The number of halogens is 2. The summed E-state index contributed by atoms with van der Waals surface area (Å²) in [6, 6.07) is 4.25. The van der Waals surface area contributed by atoms with Gasteiger partial charge in [-0.1, -0.05) is 20.8 Å². The lowest BCUT2D eigenvalue weighted by Gasteiger charge is -2.22. The summed E-state index contributed by atoms with van der Waals surface area (Å²) in [6.07, 6.45) is 0.987. The SMILES string of the molecule is CCC(C)(C)CNC(=O)c1ccc(F)c(Br)c1. The van der Waals surface area contributed by atoms with Gasteiger partial charge in [-0.3, -0.25) is 4.79 Å². The van der Waals surface area contributed by atoms with E-state index in [4.69, 9.17) is 0 Å². The average Bonchev–Trinajstić information content (AvgIpc) is 2.30. The van der Waals surface area contributed by atoms with Gasteiger partial charge in [-0.25, -0.2) is 4.39 Å². The molecule has 2 nitrogen and oxygen atoms in total. The molecule has 0 radical (unpaired) electrons. The summed E-state index contributed by atoms with van der Waals surface area (Å²) in [5.41, 5.74) is 0.539. The quantitative estimate of drug-likeness (QED) is 0.901. The fourth-order valence-electron chi connectivity index (χ4n) is 1.18. The fraction of sp³-hybridized carbons (Fsp3) is 0.462. The van der Waals surface area contributed by atoms with Crippen LogP contribution in [-0.2, 0) is 0 Å². The fourth-order valence-corrected chi connectivity index (χ4v) is 1.56. The molecule has 0 saturated heterocycles. The topological polar surface area (TPSA) is 29.1 Å². The van der Waals surface area contributed by atoms with Gasteiger partial charge in [0.25, 0.3) is 5.91 Å². The van der Waals surface area contributed by atoms with E-state index < -0.39 is 0 Å². The van der Waals surface area contributed by atoms with Gasteiger partial charge in [0.2, 0.25) is 0 Å². The van der Waals surface area contributed by atoms with Crippen molar-refractivity contribution in [2.75, 3.05) is 6.54 Å². The second kappa shape index (κ2) is 5.63. The summed E-state index contributed by atoms with van der Waals surface area (Å²) in [5.74, 6) is -0.539. The molecule has 94 valence electrons. The lowest BCUT2D eigenvalue weighted by molar-refractivity contribution is 0.0935. The molecule has 1 aromatic carbocycles. The van der Waals surface area contributed by atoms with Gasteiger partial charge < -0.3 is 5.32 Å². The number of hydrogen-bond acceptors (Lipinski definition) is 1. The van der Waals surface area contributed by atoms with Gasteiger partial charge >= 0.3 is 0 Å². The van der Waals surface area contributed by atoms with Crippen molar-refractivity contribution in [2.45, 2.75) is 27.2 Å². The molecule has 0 atom stereocenters. The summed E-state index contributed by atoms with van der Waals surface area (Å²) in [6.45, 7) is 6.87. The smallest absolute Gasteiger partial charge is 0.251 e. The van der Waals surface area contributed by atoms with E-state index in [1.54, 1.807) is 0 Å². The molecule has 0 bridgehead atoms. The van der Waals surface area contributed by atoms with Crippen molar-refractivity contribution < 1.29 is 9.18 Å². The van der Waals surface area contributed by atoms with Crippen molar-refractivity contribution in [1.82, 2.24) is 5.32 Å². The molecule has 0 heterocycles. The Kier molecular flexibility index (Phi) is 4.69. The van der Waals surface area contributed by atoms with Crippen LogP contribution in [0.4, 0.5) is 4.39 Å². The normalized spacial score (nSPS) is 11.4. The lowest BCUT2D eigenvalue weighted by Crippen LogP contribution is -2.33. The summed E-state index contributed by atoms with van der Waals surface area (Å²) < 4.78 is 13.3. The highest BCUT2D eigenvalue weighted by Crippen LogP contribution is 2.19. The predicted octanol–water partition coefficient (Wildman–Crippen LogP) is 3.75. The average molecular weight is 302 g/mol. The predicted molar refractivity (Wildman–Crippen MR) is 70.5 cm³/mol. The first-order chi connectivity index (χ1) is 7.85. The number of carbonyl (C=O) groups is 1. The van der Waals surface area contributed by atoms with Gasteiger partial charge in [0.15, 0.2) is 0 Å². The van der Waals surface area contributed by atoms with E-state index in [0.717, 1.165) is 6.42 Å². The van der Waals surface area contributed by atoms with E-state index in [9.17, 15) is 9.18 Å². The Hall–Kier alpha value is -0.900. The maximum Gasteiger partial charge on any atom is 0.251 e. The minimum absolute atomic E-state index is 0.0763. The zero-order valence-corrected chi connectivity index (χ0v) is 11.9. The van der Waals surface area contributed by atoms with Crippen LogP contribution in [0.15, 0.2) is 22.7 Å². The highest BCUT2D eigenvalue weighted by molar-refractivity contribution is 9.10. The second-order valence-electron chi connectivity index (χ2n) is 4.83. The number of hydrogen-bond donors (Lipinski definition) is 1. The number of rotatable bonds is 4. The Morgan fingerprint density at radius 1 is 1.47 bits per heavy atom. The van der Waals surface area contributed by atoms with Crippen molar-refractivity contribution in [3.05, 3.63) is 34.1 Å². The Balaban J connectivity index is 2.68. The van der Waals surface area contributed by atoms with Crippen LogP contribution in [0.3, 0.4) is 0 Å². The van der Waals surface area contributed by atoms with Crippen LogP contribution in [0.5, 0.6) is 0 Å². The Morgan fingerprint density at radius 3 is 2.65 bits per heavy atom. The van der Waals surface area contributed by atoms with E-state index >= 15 is 0 Å². The van der Waals surface area contributed by atoms with E-state index in [0.29, 0.717) is 16.6 Å². The minimum atomic E-state index is -0.365. The Bertz CT molecular complexity index is 418. The van der Waals surface area contributed by atoms with Gasteiger partial charge in [0.05, 0.1) is 4.47 Å². The zero-order valence-electron chi connectivity index (χ0n) is 10.3. The molecule has 1 rings (SSSR count). The van der Waals surface area contributed by atoms with Crippen LogP contribution >= 0.6 is 15.9 Å². The van der Waals surface area contributed by atoms with Crippen LogP contribution in [0, 0.1) is 11.2 Å². The minimum Gasteiger partial charge on any atom is -0.352 e. The van der Waals surface area contributed by atoms with E-state index in [-0.39, 0.29) is 17.1 Å². The monoisotopic (exact) mass is 301 g/mol. The number of amides is 1. The molecule has 0 aliphatic heterocycles. The van der Waals surface area contributed by atoms with Crippen molar-refractivity contribution in [1.29, 1.82) is 0 Å². The number of nitrogens with one attached hydrogen (secondary N) is 1. The third kappa shape index (κ3) is 4.11. The first kappa shape index (κ1) is 14.2. The van der Waals surface area contributed by atoms with Crippen LogP contribution in [0.25, 0.3) is 0 Å². The second-order valence-corrected chi connectivity index (χ2v) is 5.68. The van der Waals surface area contributed by atoms with E-state index in [2.05, 4.69) is 42.0 Å². The molecule has 0 spiro atoms. The van der Waals surface area contributed by atoms with E-state index in [1.807, 2.05) is 0 Å². The van der Waals surface area contributed by atoms with Crippen LogP contribution in [-0.4, -0.2) is 12.5 Å². The molecule has 0 saturated carbocycles. The van der Waals surface area contributed by atoms with Crippen LogP contribution in [0.2, 0.25) is 0 Å². The third-order valence-corrected chi connectivity index (χ3v) is 3.47. The number of benzene rings is 1. The van der Waals surface area contributed by atoms with Gasteiger partial charge in [0, 0.05) is 12.1 Å². The molecule has 0 fully saturated rings. The summed E-state index contributed by atoms with van der Waals surface area (Å²) in [5, 5.41) is 2.85. The molecular formula is C13H17BrFNO. The van der Waals surface area contributed by atoms with Crippen molar-refractivity contribution >= 4 is 21.8 Å². The molecule has 4 heteroatoms. The maximum atomic E-state index is 13.0. The molecule has 0 aliphatic carbocycles. The summed E-state index contributed by atoms with van der Waals surface area (Å²) >= 11 is 3.06. The Labute approximate surface area is 110 Å². The molecule has 1 aromatic rings. The van der Waals surface area contributed by atoms with Crippen LogP contribution in [0.1, 0.15) is 37.6 Å². The third-order valence-electron chi connectivity index (χ3n) is 2.87. The lowest BCUT2D eigenvalue weighted by atomic mass is 9.90. The maximum absolute atomic E-state index is 13.0. The molecule has 0 aliphatic rings. The molecule has 1 amide bonds. The summed E-state index contributed by atoms with van der Waals surface area (Å²) in [4.78, 5) is 11.8. The highest BCUT2D eigenvalue weighted by atomic mass is 79.9. The molecule has 17 heavy (non-hydrogen) atoms. The van der Waals surface area contributed by atoms with Crippen LogP contribution < -0.4 is 5.32 Å². The highest BCUT2D eigenvalue weighted by Gasteiger charge is 2.17. The van der Waals surface area contributed by atoms with E-state index in [1.165, 1.54) is 18.2 Å². The zero-order chi connectivity index (χ0) is 13.1. The van der Waals surface area contributed by atoms with Gasteiger partial charge in [-0.05, 0) is 46.0 Å². The first-order valence-electron chi connectivity index (χ1n) is 5.59. The molecule has 1 N–H and O–H groups in total. The molecular weight excluding hydrogens is 285 g/mol.